The first-order chi connectivity index (χ1) is 6.43. The van der Waals surface area contributed by atoms with Crippen molar-refractivity contribution in [3.05, 3.63) is 26.4 Å². The van der Waals surface area contributed by atoms with Gasteiger partial charge in [-0.15, -0.1) is 0 Å². The highest BCUT2D eigenvalue weighted by atomic mass is 79.9. The van der Waals surface area contributed by atoms with Crippen LogP contribution in [-0.4, -0.2) is 16.1 Å². The molecule has 0 bridgehead atoms. The molecule has 0 aliphatic carbocycles. The third kappa shape index (κ3) is 2.27. The third-order valence-corrected chi connectivity index (χ3v) is 2.63. The Kier molecular flexibility index (Phi) is 3.54. The zero-order chi connectivity index (χ0) is 10.9. The lowest BCUT2D eigenvalue weighted by Crippen LogP contribution is -2.03. The monoisotopic (exact) mass is 329 g/mol. The molecule has 0 atom stereocenters. The maximum atomic E-state index is 12.3. The average molecular weight is 331 g/mol. The molecule has 1 N–H and O–H groups in total. The molecule has 1 aromatic heterocycles. The molecular formula is C7H3Br2F2NO2. The first-order valence-electron chi connectivity index (χ1n) is 3.31. The van der Waals surface area contributed by atoms with Crippen molar-refractivity contribution < 1.29 is 18.7 Å². The lowest BCUT2D eigenvalue weighted by molar-refractivity contribution is 0.0694. The maximum absolute atomic E-state index is 12.3. The number of nitrogens with zero attached hydrogens (tertiary/aromatic N) is 1. The molecular weight excluding hydrogens is 328 g/mol. The molecule has 0 amide bonds. The molecule has 1 rings (SSSR count). The first-order valence-corrected chi connectivity index (χ1v) is 4.89. The number of aromatic nitrogens is 1. The standard InChI is InChI=1S/C7H3Br2F2NO2/c8-3-1-2(7(13)14)4(9)5(12-3)6(10)11/h1,6H,(H,13,14). The molecule has 3 nitrogen and oxygen atoms in total. The van der Waals surface area contributed by atoms with E-state index in [0.717, 1.165) is 6.07 Å². The van der Waals surface area contributed by atoms with E-state index in [-0.39, 0.29) is 14.6 Å². The van der Waals surface area contributed by atoms with Gasteiger partial charge in [0.25, 0.3) is 6.43 Å². The summed E-state index contributed by atoms with van der Waals surface area (Å²) in [4.78, 5) is 14.1. The smallest absolute Gasteiger partial charge is 0.337 e. The Morgan fingerprint density at radius 3 is 2.50 bits per heavy atom. The van der Waals surface area contributed by atoms with Gasteiger partial charge in [0.05, 0.1) is 10.0 Å². The Balaban J connectivity index is 3.40. The summed E-state index contributed by atoms with van der Waals surface area (Å²) in [6.07, 6.45) is -2.82. The number of carboxylic acids is 1. The number of hydrogen-bond donors (Lipinski definition) is 1. The SMILES string of the molecule is O=C(O)c1cc(Br)nc(C(F)F)c1Br. The molecule has 0 saturated heterocycles. The molecule has 0 spiro atoms. The van der Waals surface area contributed by atoms with E-state index in [9.17, 15) is 13.6 Å². The van der Waals surface area contributed by atoms with Crippen LogP contribution in [0.15, 0.2) is 15.1 Å². The summed E-state index contributed by atoms with van der Waals surface area (Å²) in [5.41, 5.74) is -0.834. The lowest BCUT2D eigenvalue weighted by Gasteiger charge is -2.05. The number of halogens is 4. The highest BCUT2D eigenvalue weighted by molar-refractivity contribution is 9.11. The van der Waals surface area contributed by atoms with Crippen LogP contribution in [0.2, 0.25) is 0 Å². The second kappa shape index (κ2) is 4.31. The second-order valence-corrected chi connectivity index (χ2v) is 3.90. The molecule has 0 saturated carbocycles. The molecule has 7 heteroatoms. The van der Waals surface area contributed by atoms with Gasteiger partial charge in [0, 0.05) is 0 Å². The molecule has 0 fully saturated rings. The summed E-state index contributed by atoms with van der Waals surface area (Å²) >= 11 is 5.63. The minimum absolute atomic E-state index is 0.0633. The third-order valence-electron chi connectivity index (χ3n) is 1.39. The number of pyridine rings is 1. The van der Waals surface area contributed by atoms with Crippen molar-refractivity contribution in [3.63, 3.8) is 0 Å². The van der Waals surface area contributed by atoms with Crippen molar-refractivity contribution in [2.24, 2.45) is 0 Å². The van der Waals surface area contributed by atoms with E-state index in [1.54, 1.807) is 0 Å². The second-order valence-electron chi connectivity index (χ2n) is 2.30. The fourth-order valence-electron chi connectivity index (χ4n) is 0.817. The van der Waals surface area contributed by atoms with Crippen molar-refractivity contribution in [1.82, 2.24) is 4.98 Å². The number of rotatable bonds is 2. The van der Waals surface area contributed by atoms with E-state index >= 15 is 0 Å². The Labute approximate surface area is 94.4 Å². The van der Waals surface area contributed by atoms with Gasteiger partial charge in [-0.1, -0.05) is 0 Å². The predicted molar refractivity (Wildman–Crippen MR) is 51.6 cm³/mol. The normalized spacial score (nSPS) is 10.6. The Bertz CT molecular complexity index is 384. The van der Waals surface area contributed by atoms with Gasteiger partial charge in [0.2, 0.25) is 0 Å². The summed E-state index contributed by atoms with van der Waals surface area (Å²) < 4.78 is 24.6. The predicted octanol–water partition coefficient (Wildman–Crippen LogP) is 3.24. The molecule has 76 valence electrons. The molecule has 0 unspecified atom stereocenters. The van der Waals surface area contributed by atoms with E-state index < -0.39 is 18.1 Å². The minimum Gasteiger partial charge on any atom is -0.478 e. The van der Waals surface area contributed by atoms with E-state index in [4.69, 9.17) is 5.11 Å². The Hall–Kier alpha value is -0.560. The quantitative estimate of drug-likeness (QED) is 0.847. The Morgan fingerprint density at radius 2 is 2.07 bits per heavy atom. The van der Waals surface area contributed by atoms with Crippen LogP contribution < -0.4 is 0 Å². The van der Waals surface area contributed by atoms with Gasteiger partial charge in [-0.25, -0.2) is 18.6 Å². The summed E-state index contributed by atoms with van der Waals surface area (Å²) in [5, 5.41) is 8.67. The summed E-state index contributed by atoms with van der Waals surface area (Å²) in [5.74, 6) is -1.29. The van der Waals surface area contributed by atoms with Gasteiger partial charge >= 0.3 is 5.97 Å². The summed E-state index contributed by atoms with van der Waals surface area (Å²) in [7, 11) is 0. The van der Waals surface area contributed by atoms with E-state index in [1.807, 2.05) is 0 Å². The fourth-order valence-corrected chi connectivity index (χ4v) is 1.78. The minimum atomic E-state index is -2.82. The number of hydrogen-bond acceptors (Lipinski definition) is 2. The molecule has 1 heterocycles. The average Bonchev–Trinajstić information content (AvgIpc) is 2.07. The largest absolute Gasteiger partial charge is 0.478 e. The van der Waals surface area contributed by atoms with Crippen LogP contribution in [0.1, 0.15) is 22.5 Å². The van der Waals surface area contributed by atoms with Gasteiger partial charge in [0.15, 0.2) is 0 Å². The van der Waals surface area contributed by atoms with Crippen molar-refractivity contribution >= 4 is 37.8 Å². The molecule has 1 aromatic rings. The number of carboxylic acid groups (broad SMARTS) is 1. The zero-order valence-corrected chi connectivity index (χ0v) is 9.64. The van der Waals surface area contributed by atoms with Crippen LogP contribution in [0.5, 0.6) is 0 Å². The van der Waals surface area contributed by atoms with E-state index in [1.165, 1.54) is 0 Å². The number of carbonyl (C=O) groups is 1. The van der Waals surface area contributed by atoms with Gasteiger partial charge in [-0.3, -0.25) is 0 Å². The molecule has 0 aliphatic rings. The topological polar surface area (TPSA) is 50.2 Å². The van der Waals surface area contributed by atoms with Crippen LogP contribution in [0.4, 0.5) is 8.78 Å². The molecule has 14 heavy (non-hydrogen) atoms. The van der Waals surface area contributed by atoms with Crippen molar-refractivity contribution in [2.45, 2.75) is 6.43 Å². The number of alkyl halides is 2. The van der Waals surface area contributed by atoms with E-state index in [2.05, 4.69) is 36.8 Å². The molecule has 0 aromatic carbocycles. The van der Waals surface area contributed by atoms with Gasteiger partial charge in [0.1, 0.15) is 10.3 Å². The first kappa shape index (κ1) is 11.5. The molecule has 0 aliphatic heterocycles. The highest BCUT2D eigenvalue weighted by Crippen LogP contribution is 2.30. The summed E-state index contributed by atoms with van der Waals surface area (Å²) in [6, 6.07) is 1.15. The lowest BCUT2D eigenvalue weighted by atomic mass is 10.2. The highest BCUT2D eigenvalue weighted by Gasteiger charge is 2.20. The summed E-state index contributed by atoms with van der Waals surface area (Å²) in [6.45, 7) is 0. The molecule has 0 radical (unpaired) electrons. The van der Waals surface area contributed by atoms with Gasteiger partial charge in [-0.2, -0.15) is 0 Å². The maximum Gasteiger partial charge on any atom is 0.337 e. The van der Waals surface area contributed by atoms with Gasteiger partial charge in [-0.05, 0) is 37.9 Å². The van der Waals surface area contributed by atoms with Crippen LogP contribution >= 0.6 is 31.9 Å². The fraction of sp³-hybridized carbons (Fsp3) is 0.143. The number of aromatic carboxylic acids is 1. The van der Waals surface area contributed by atoms with Crippen molar-refractivity contribution in [1.29, 1.82) is 0 Å². The zero-order valence-electron chi connectivity index (χ0n) is 6.47. The van der Waals surface area contributed by atoms with E-state index in [0.29, 0.717) is 0 Å². The van der Waals surface area contributed by atoms with Crippen molar-refractivity contribution in [3.8, 4) is 0 Å². The van der Waals surface area contributed by atoms with Crippen LogP contribution in [0, 0.1) is 0 Å². The van der Waals surface area contributed by atoms with Crippen LogP contribution in [0.25, 0.3) is 0 Å². The van der Waals surface area contributed by atoms with Crippen LogP contribution in [-0.2, 0) is 0 Å². The van der Waals surface area contributed by atoms with Crippen LogP contribution in [0.3, 0.4) is 0 Å². The van der Waals surface area contributed by atoms with Crippen molar-refractivity contribution in [2.75, 3.05) is 0 Å². The van der Waals surface area contributed by atoms with Gasteiger partial charge < -0.3 is 5.11 Å². The Morgan fingerprint density at radius 1 is 1.50 bits per heavy atom.